The molecule has 0 aromatic carbocycles. The highest BCUT2D eigenvalue weighted by molar-refractivity contribution is 5.79. The van der Waals surface area contributed by atoms with Gasteiger partial charge in [-0.15, -0.1) is 0 Å². The zero-order valence-corrected chi connectivity index (χ0v) is 11.5. The maximum atomic E-state index is 5.52. The molecule has 4 heteroatoms. The van der Waals surface area contributed by atoms with E-state index in [4.69, 9.17) is 4.74 Å². The van der Waals surface area contributed by atoms with Crippen LogP contribution in [-0.4, -0.2) is 38.8 Å². The Morgan fingerprint density at radius 1 is 1.35 bits per heavy atom. The Hall–Kier alpha value is -0.770. The quantitative estimate of drug-likeness (QED) is 0.386. The average Bonchev–Trinajstić information content (AvgIpc) is 3.08. The molecule has 1 saturated carbocycles. The molecular formula is C13H27N3O. The second-order valence-electron chi connectivity index (χ2n) is 5.06. The highest BCUT2D eigenvalue weighted by atomic mass is 16.5. The van der Waals surface area contributed by atoms with Crippen LogP contribution in [0.2, 0.25) is 0 Å². The summed E-state index contributed by atoms with van der Waals surface area (Å²) < 4.78 is 5.52. The van der Waals surface area contributed by atoms with Gasteiger partial charge in [-0.05, 0) is 31.6 Å². The number of rotatable bonds is 8. The maximum Gasteiger partial charge on any atom is 0.191 e. The van der Waals surface area contributed by atoms with Crippen molar-refractivity contribution in [1.82, 2.24) is 10.6 Å². The van der Waals surface area contributed by atoms with Crippen molar-refractivity contribution >= 4 is 5.96 Å². The van der Waals surface area contributed by atoms with Gasteiger partial charge in [0.1, 0.15) is 0 Å². The molecule has 0 radical (unpaired) electrons. The third kappa shape index (κ3) is 8.02. The van der Waals surface area contributed by atoms with E-state index in [-0.39, 0.29) is 0 Å². The smallest absolute Gasteiger partial charge is 0.191 e. The molecule has 0 saturated heterocycles. The van der Waals surface area contributed by atoms with Crippen molar-refractivity contribution in [3.05, 3.63) is 0 Å². The zero-order chi connectivity index (χ0) is 12.5. The molecule has 0 aromatic heterocycles. The standard InChI is InChI=1S/C13H27N3O/c1-4-14-13(16-9-12-5-6-12)15-7-8-17-10-11(2)3/h11-12H,4-10H2,1-3H3,(H2,14,15,16). The van der Waals surface area contributed by atoms with Gasteiger partial charge < -0.3 is 15.4 Å². The van der Waals surface area contributed by atoms with Crippen molar-refractivity contribution in [2.75, 3.05) is 32.8 Å². The van der Waals surface area contributed by atoms with E-state index in [2.05, 4.69) is 36.4 Å². The van der Waals surface area contributed by atoms with E-state index in [1.807, 2.05) is 0 Å². The van der Waals surface area contributed by atoms with Crippen LogP contribution in [0.1, 0.15) is 33.6 Å². The fourth-order valence-corrected chi connectivity index (χ4v) is 1.42. The Labute approximate surface area is 105 Å². The number of guanidine groups is 1. The summed E-state index contributed by atoms with van der Waals surface area (Å²) in [6.07, 6.45) is 2.70. The molecule has 1 fully saturated rings. The van der Waals surface area contributed by atoms with Gasteiger partial charge in [-0.2, -0.15) is 0 Å². The fraction of sp³-hybridized carbons (Fsp3) is 0.923. The molecule has 2 N–H and O–H groups in total. The lowest BCUT2D eigenvalue weighted by Gasteiger charge is -2.12. The molecule has 100 valence electrons. The van der Waals surface area contributed by atoms with E-state index in [0.717, 1.165) is 44.7 Å². The first-order chi connectivity index (χ1) is 8.22. The lowest BCUT2D eigenvalue weighted by Crippen LogP contribution is -2.39. The summed E-state index contributed by atoms with van der Waals surface area (Å²) in [5.41, 5.74) is 0. The minimum absolute atomic E-state index is 0.603. The molecule has 0 spiro atoms. The van der Waals surface area contributed by atoms with Crippen molar-refractivity contribution in [2.24, 2.45) is 16.8 Å². The van der Waals surface area contributed by atoms with Gasteiger partial charge in [0.15, 0.2) is 5.96 Å². The summed E-state index contributed by atoms with van der Waals surface area (Å²) in [6, 6.07) is 0. The van der Waals surface area contributed by atoms with Crippen LogP contribution >= 0.6 is 0 Å². The maximum absolute atomic E-state index is 5.52. The molecule has 0 amide bonds. The van der Waals surface area contributed by atoms with Gasteiger partial charge >= 0.3 is 0 Å². The van der Waals surface area contributed by atoms with Gasteiger partial charge in [-0.3, -0.25) is 4.99 Å². The van der Waals surface area contributed by atoms with Gasteiger partial charge in [0.25, 0.3) is 0 Å². The van der Waals surface area contributed by atoms with Crippen LogP contribution in [-0.2, 0) is 4.74 Å². The largest absolute Gasteiger partial charge is 0.379 e. The summed E-state index contributed by atoms with van der Waals surface area (Å²) in [4.78, 5) is 4.55. The molecule has 0 aliphatic heterocycles. The summed E-state index contributed by atoms with van der Waals surface area (Å²) >= 11 is 0. The van der Waals surface area contributed by atoms with E-state index in [9.17, 15) is 0 Å². The molecule has 0 aromatic rings. The number of nitrogens with one attached hydrogen (secondary N) is 2. The van der Waals surface area contributed by atoms with Gasteiger partial charge in [-0.1, -0.05) is 13.8 Å². The van der Waals surface area contributed by atoms with Crippen LogP contribution in [0.3, 0.4) is 0 Å². The Kier molecular flexibility index (Phi) is 7.01. The van der Waals surface area contributed by atoms with Crippen LogP contribution in [0.15, 0.2) is 4.99 Å². The molecule has 1 aliphatic carbocycles. The number of aliphatic imine (C=N–C) groups is 1. The fourth-order valence-electron chi connectivity index (χ4n) is 1.42. The predicted molar refractivity (Wildman–Crippen MR) is 72.4 cm³/mol. The first-order valence-corrected chi connectivity index (χ1v) is 6.82. The molecule has 17 heavy (non-hydrogen) atoms. The van der Waals surface area contributed by atoms with Crippen molar-refractivity contribution in [1.29, 1.82) is 0 Å². The monoisotopic (exact) mass is 241 g/mol. The minimum Gasteiger partial charge on any atom is -0.379 e. The average molecular weight is 241 g/mol. The van der Waals surface area contributed by atoms with Crippen molar-refractivity contribution < 1.29 is 4.74 Å². The first kappa shape index (κ1) is 14.3. The van der Waals surface area contributed by atoms with Crippen LogP contribution in [0.5, 0.6) is 0 Å². The van der Waals surface area contributed by atoms with Gasteiger partial charge in [0.2, 0.25) is 0 Å². The second-order valence-corrected chi connectivity index (χ2v) is 5.06. The molecule has 4 nitrogen and oxygen atoms in total. The zero-order valence-electron chi connectivity index (χ0n) is 11.5. The number of hydrogen-bond acceptors (Lipinski definition) is 2. The third-order valence-corrected chi connectivity index (χ3v) is 2.54. The Bertz CT molecular complexity index is 225. The van der Waals surface area contributed by atoms with Crippen molar-refractivity contribution in [3.63, 3.8) is 0 Å². The first-order valence-electron chi connectivity index (χ1n) is 6.82. The second kappa shape index (κ2) is 8.34. The van der Waals surface area contributed by atoms with E-state index >= 15 is 0 Å². The van der Waals surface area contributed by atoms with E-state index in [0.29, 0.717) is 5.92 Å². The van der Waals surface area contributed by atoms with Crippen LogP contribution in [0, 0.1) is 11.8 Å². The summed E-state index contributed by atoms with van der Waals surface area (Å²) in [6.45, 7) is 10.7. The molecular weight excluding hydrogens is 214 g/mol. The molecule has 0 atom stereocenters. The normalized spacial score (nSPS) is 16.4. The molecule has 0 heterocycles. The van der Waals surface area contributed by atoms with Gasteiger partial charge in [0, 0.05) is 26.2 Å². The Balaban J connectivity index is 2.08. The molecule has 0 bridgehead atoms. The topological polar surface area (TPSA) is 45.7 Å². The highest BCUT2D eigenvalue weighted by Crippen LogP contribution is 2.28. The van der Waals surface area contributed by atoms with Crippen molar-refractivity contribution in [3.8, 4) is 0 Å². The summed E-state index contributed by atoms with van der Waals surface area (Å²) in [7, 11) is 0. The third-order valence-electron chi connectivity index (χ3n) is 2.54. The van der Waals surface area contributed by atoms with Crippen LogP contribution in [0.4, 0.5) is 0 Å². The Morgan fingerprint density at radius 2 is 2.12 bits per heavy atom. The number of hydrogen-bond donors (Lipinski definition) is 2. The minimum atomic E-state index is 0.603. The summed E-state index contributed by atoms with van der Waals surface area (Å²) in [5.74, 6) is 2.36. The molecule has 1 aliphatic rings. The van der Waals surface area contributed by atoms with Crippen LogP contribution in [0.25, 0.3) is 0 Å². The predicted octanol–water partition coefficient (Wildman–Crippen LogP) is 1.62. The Morgan fingerprint density at radius 3 is 2.71 bits per heavy atom. The van der Waals surface area contributed by atoms with E-state index in [1.165, 1.54) is 12.8 Å². The lowest BCUT2D eigenvalue weighted by molar-refractivity contribution is 0.114. The van der Waals surface area contributed by atoms with Gasteiger partial charge in [-0.25, -0.2) is 0 Å². The van der Waals surface area contributed by atoms with E-state index < -0.39 is 0 Å². The molecule has 0 unspecified atom stereocenters. The van der Waals surface area contributed by atoms with Crippen molar-refractivity contribution in [2.45, 2.75) is 33.6 Å². The summed E-state index contributed by atoms with van der Waals surface area (Å²) in [5, 5.41) is 6.54. The SMILES string of the molecule is CCNC(=NCC1CC1)NCCOCC(C)C. The lowest BCUT2D eigenvalue weighted by atomic mass is 10.2. The number of nitrogens with zero attached hydrogens (tertiary/aromatic N) is 1. The van der Waals surface area contributed by atoms with Gasteiger partial charge in [0.05, 0.1) is 6.61 Å². The van der Waals surface area contributed by atoms with E-state index in [1.54, 1.807) is 0 Å². The van der Waals surface area contributed by atoms with Crippen LogP contribution < -0.4 is 10.6 Å². The number of ether oxygens (including phenoxy) is 1. The highest BCUT2D eigenvalue weighted by Gasteiger charge is 2.20. The molecule has 1 rings (SSSR count).